The first-order valence-electron chi connectivity index (χ1n) is 34.8. The van der Waals surface area contributed by atoms with E-state index in [0.717, 1.165) is 42.8 Å². The zero-order valence-corrected chi connectivity index (χ0v) is 64.2. The van der Waals surface area contributed by atoms with E-state index in [1.165, 1.54) is 86.6 Å². The molecule has 0 spiro atoms. The Morgan fingerprint density at radius 1 is 0.430 bits per heavy atom. The summed E-state index contributed by atoms with van der Waals surface area (Å²) in [7, 11) is 0. The summed E-state index contributed by atoms with van der Waals surface area (Å²) in [6, 6.07) is 22.5. The molecule has 1 aliphatic carbocycles. The molecule has 2 aliphatic rings. The third kappa shape index (κ3) is 23.5. The number of rotatable bonds is 20. The molecule has 8 aromatic rings. The Labute approximate surface area is 652 Å². The maximum atomic E-state index is 14.8. The normalized spacial score (nSPS) is 15.0. The number of cyclic esters (lactones) is 1. The number of alkyl halides is 8. The van der Waals surface area contributed by atoms with Crippen molar-refractivity contribution in [3.05, 3.63) is 232 Å². The van der Waals surface area contributed by atoms with Crippen LogP contribution in [0.25, 0.3) is 0 Å². The Morgan fingerprint density at radius 2 is 0.781 bits per heavy atom. The molecular weight excluding hydrogens is 1570 g/mol. The summed E-state index contributed by atoms with van der Waals surface area (Å²) < 4.78 is 202. The fourth-order valence-corrected chi connectivity index (χ4v) is 12.3. The van der Waals surface area contributed by atoms with E-state index < -0.39 is 162 Å². The van der Waals surface area contributed by atoms with Gasteiger partial charge in [-0.1, -0.05) is 19.8 Å². The first kappa shape index (κ1) is 90.1. The van der Waals surface area contributed by atoms with E-state index in [1.807, 2.05) is 5.32 Å². The van der Waals surface area contributed by atoms with Gasteiger partial charge >= 0.3 is 29.7 Å². The van der Waals surface area contributed by atoms with E-state index in [-0.39, 0.29) is 56.4 Å². The summed E-state index contributed by atoms with van der Waals surface area (Å²) in [6.45, 7) is 15.9. The molecule has 19 nitrogen and oxygen atoms in total. The molecule has 6 aromatic carbocycles. The fourth-order valence-electron chi connectivity index (χ4n) is 10.5. The molecule has 1 aliphatic heterocycles. The minimum atomic E-state index is -4.35. The highest BCUT2D eigenvalue weighted by Crippen LogP contribution is 2.39. The third-order valence-electron chi connectivity index (χ3n) is 17.3. The summed E-state index contributed by atoms with van der Waals surface area (Å²) in [5, 5.41) is 28.2. The van der Waals surface area contributed by atoms with Crippen molar-refractivity contribution in [2.75, 3.05) is 27.9 Å². The number of carbonyl (C=O) groups is 9. The van der Waals surface area contributed by atoms with Crippen molar-refractivity contribution < 1.29 is 114 Å². The number of aryl methyl sites for hydroxylation is 4. The summed E-state index contributed by atoms with van der Waals surface area (Å²) in [5.74, 6) is -30.9. The van der Waals surface area contributed by atoms with Gasteiger partial charge in [0, 0.05) is 51.4 Å². The second-order valence-electron chi connectivity index (χ2n) is 28.0. The summed E-state index contributed by atoms with van der Waals surface area (Å²) in [5.41, 5.74) is -2.45. The summed E-state index contributed by atoms with van der Waals surface area (Å²) in [4.78, 5) is 108. The number of ether oxygens (including phenoxy) is 1. The number of aliphatic hydroxyl groups is 1. The molecule has 35 heteroatoms. The van der Waals surface area contributed by atoms with Gasteiger partial charge in [0.25, 0.3) is 47.3 Å². The highest BCUT2D eigenvalue weighted by Gasteiger charge is 2.49. The Hall–Kier alpha value is -11.1. The van der Waals surface area contributed by atoms with Crippen LogP contribution < -0.4 is 42.5 Å². The molecule has 610 valence electrons. The number of thiophene rings is 2. The van der Waals surface area contributed by atoms with Crippen LogP contribution >= 0.6 is 22.7 Å². The maximum absolute atomic E-state index is 14.8. The molecule has 0 bridgehead atoms. The van der Waals surface area contributed by atoms with Crippen molar-refractivity contribution in [3.8, 4) is 0 Å². The van der Waals surface area contributed by atoms with Gasteiger partial charge in [-0.15, -0.1) is 22.7 Å². The van der Waals surface area contributed by atoms with Crippen LogP contribution in [0.1, 0.15) is 163 Å². The number of aliphatic hydroxyl groups excluding tert-OH is 1. The standard InChI is InChI=1S/C22H22F4N2O3.C20H16F4N2O4.C19H21F3N2O2S.C18H19F3N2O2S/c1-12-10-14(7-9-16(12)23)27-20(30)13-6-8-17(24)15(11-13)22(25,26)21(31)28-18-4-2-3-5-19(18)29;1-10-8-12(3-5-14(10)21)25-17(27)11-2-4-15(22)13(9-11)20(23,24)19(29)26-16-6-7-30-18(16)28;1-5-18(3,4)24-17(26)19(21,22)15-9-8-14(27-15)16(25)23-12-6-7-13(20)11(2)10-12;1-10-9-11(5-6-12(10)19)22-15(24)13-7-8-14(26-13)18(20,21)16(25)23-17(2,3)4/h6-11,18-19,29H,2-5H2,1H3,(H,27,30)(H,28,31);2-5,8-9,16H,6-7H2,1H3,(H,25,27)(H,26,29);6-10H,5H2,1-4H3,(H,23,25)(H,24,26);5-9H,1-4H3,(H,22,24)(H,23,25)/t18-,19-;16-;;/m01../s1. The smallest absolute Gasteiger partial charge is 0.358 e. The van der Waals surface area contributed by atoms with Gasteiger partial charge in [0.1, 0.15) is 40.9 Å². The van der Waals surface area contributed by atoms with E-state index in [9.17, 15) is 110 Å². The first-order valence-corrected chi connectivity index (χ1v) is 36.4. The minimum Gasteiger partial charge on any atom is -0.464 e. The van der Waals surface area contributed by atoms with Crippen LogP contribution in [-0.4, -0.2) is 94.2 Å². The maximum Gasteiger partial charge on any atom is 0.358 e. The van der Waals surface area contributed by atoms with Crippen molar-refractivity contribution in [1.29, 1.82) is 0 Å². The summed E-state index contributed by atoms with van der Waals surface area (Å²) >= 11 is 1.07. The molecule has 3 heterocycles. The minimum absolute atomic E-state index is 0.0165. The number of hydrogen-bond acceptors (Lipinski definition) is 13. The van der Waals surface area contributed by atoms with E-state index in [1.54, 1.807) is 55.4 Å². The lowest BCUT2D eigenvalue weighted by atomic mass is 9.92. The van der Waals surface area contributed by atoms with Crippen molar-refractivity contribution in [3.63, 3.8) is 0 Å². The predicted molar refractivity (Wildman–Crippen MR) is 398 cm³/mol. The number of benzene rings is 6. The van der Waals surface area contributed by atoms with Crippen LogP contribution in [0.2, 0.25) is 0 Å². The second-order valence-corrected chi connectivity index (χ2v) is 30.2. The van der Waals surface area contributed by atoms with Gasteiger partial charge in [0.2, 0.25) is 0 Å². The third-order valence-corrected chi connectivity index (χ3v) is 19.6. The zero-order valence-electron chi connectivity index (χ0n) is 62.5. The van der Waals surface area contributed by atoms with Gasteiger partial charge in [-0.2, -0.15) is 35.1 Å². The number of halogens is 14. The van der Waals surface area contributed by atoms with E-state index >= 15 is 0 Å². The monoisotopic (exact) mass is 1640 g/mol. The Morgan fingerprint density at radius 3 is 1.12 bits per heavy atom. The van der Waals surface area contributed by atoms with Crippen LogP contribution in [0.5, 0.6) is 0 Å². The number of nitrogens with one attached hydrogen (secondary N) is 8. The van der Waals surface area contributed by atoms with Crippen LogP contribution in [-0.2, 0) is 52.4 Å². The van der Waals surface area contributed by atoms with Gasteiger partial charge in [0.05, 0.1) is 49.4 Å². The van der Waals surface area contributed by atoms with Crippen LogP contribution in [0, 0.1) is 62.6 Å². The van der Waals surface area contributed by atoms with Crippen LogP contribution in [0.3, 0.4) is 0 Å². The molecule has 0 radical (unpaired) electrons. The Bertz CT molecular complexity index is 4930. The highest BCUT2D eigenvalue weighted by atomic mass is 32.1. The van der Waals surface area contributed by atoms with E-state index in [4.69, 9.17) is 0 Å². The SMILES string of the molecule is CCC(C)(C)NC(=O)C(F)(F)c1ccc(C(=O)Nc2ccc(F)c(C)c2)s1.Cc1cc(NC(=O)c2ccc(C(F)(F)C(=O)NC(C)(C)C)s2)ccc1F.Cc1cc(NC(=O)c2ccc(F)c(C(F)(F)C(=O)N[C@@H]3CCOC3=O)c2)ccc1F.Cc1cc(NC(=O)c2ccc(F)c(C(F)(F)C(=O)N[C@H]3CCCC[C@@H]3O)c2)ccc1F. The number of anilines is 4. The van der Waals surface area contributed by atoms with Gasteiger partial charge in [-0.25, -0.2) is 31.1 Å². The largest absolute Gasteiger partial charge is 0.464 e. The van der Waals surface area contributed by atoms with E-state index in [0.29, 0.717) is 95.1 Å². The molecule has 10 rings (SSSR count). The molecular formula is C79H78F14N8O11S2. The van der Waals surface area contributed by atoms with Crippen LogP contribution in [0.4, 0.5) is 84.2 Å². The predicted octanol–water partition coefficient (Wildman–Crippen LogP) is 16.4. The molecule has 114 heavy (non-hydrogen) atoms. The van der Waals surface area contributed by atoms with Crippen molar-refractivity contribution in [2.45, 2.75) is 161 Å². The average Bonchev–Trinajstić information content (AvgIpc) is 1.61. The molecule has 2 aromatic heterocycles. The van der Waals surface area contributed by atoms with Crippen molar-refractivity contribution >= 4 is 98.6 Å². The van der Waals surface area contributed by atoms with Crippen LogP contribution in [0.15, 0.2) is 133 Å². The number of hydrogen-bond donors (Lipinski definition) is 9. The van der Waals surface area contributed by atoms with Gasteiger partial charge in [0.15, 0.2) is 0 Å². The Balaban J connectivity index is 0.000000211. The zero-order chi connectivity index (χ0) is 84.9. The second kappa shape index (κ2) is 37.3. The lowest BCUT2D eigenvalue weighted by Crippen LogP contribution is -2.50. The van der Waals surface area contributed by atoms with Crippen molar-refractivity contribution in [1.82, 2.24) is 21.3 Å². The lowest BCUT2D eigenvalue weighted by Gasteiger charge is -2.30. The fraction of sp³-hybridized carbons (Fsp3) is 0.329. The first-order chi connectivity index (χ1) is 53.0. The van der Waals surface area contributed by atoms with E-state index in [2.05, 4.69) is 42.0 Å². The van der Waals surface area contributed by atoms with Gasteiger partial charge in [-0.05, 0) is 237 Å². The Kier molecular flexibility index (Phi) is 29.5. The van der Waals surface area contributed by atoms with Gasteiger partial charge < -0.3 is 52.4 Å². The number of esters is 1. The quantitative estimate of drug-likeness (QED) is 0.0255. The topological polar surface area (TPSA) is 279 Å². The molecule has 0 unspecified atom stereocenters. The molecule has 1 saturated heterocycles. The average molecular weight is 1650 g/mol. The summed E-state index contributed by atoms with van der Waals surface area (Å²) in [6.07, 6.45) is 1.67. The molecule has 1 saturated carbocycles. The lowest BCUT2D eigenvalue weighted by molar-refractivity contribution is -0.151. The number of carbonyl (C=O) groups excluding carboxylic acids is 9. The molecule has 3 atom stereocenters. The highest BCUT2D eigenvalue weighted by molar-refractivity contribution is 7.14. The van der Waals surface area contributed by atoms with Crippen molar-refractivity contribution in [2.24, 2.45) is 0 Å². The molecule has 8 amide bonds. The molecule has 2 fully saturated rings. The number of amides is 8. The van der Waals surface area contributed by atoms with Gasteiger partial charge in [-0.3, -0.25) is 38.4 Å². The molecule has 9 N–H and O–H groups in total.